The second-order valence-electron chi connectivity index (χ2n) is 5.19. The van der Waals surface area contributed by atoms with E-state index >= 15 is 0 Å². The van der Waals surface area contributed by atoms with E-state index in [0.717, 1.165) is 0 Å². The molecule has 1 aliphatic heterocycles. The van der Waals surface area contributed by atoms with Crippen molar-refractivity contribution < 1.29 is 19.4 Å². The van der Waals surface area contributed by atoms with Crippen molar-refractivity contribution in [1.82, 2.24) is 14.7 Å². The van der Waals surface area contributed by atoms with E-state index in [9.17, 15) is 9.59 Å². The minimum atomic E-state index is -1.09. The van der Waals surface area contributed by atoms with Gasteiger partial charge in [0.1, 0.15) is 0 Å². The van der Waals surface area contributed by atoms with E-state index in [2.05, 4.69) is 5.10 Å². The molecule has 1 aromatic carbocycles. The lowest BCUT2D eigenvalue weighted by Crippen LogP contribution is -2.48. The fourth-order valence-electron chi connectivity index (χ4n) is 2.35. The summed E-state index contributed by atoms with van der Waals surface area (Å²) in [5.74, 6) is -1.43. The molecule has 1 aliphatic rings. The number of hydrogen-bond donors (Lipinski definition) is 1. The van der Waals surface area contributed by atoms with Crippen LogP contribution >= 0.6 is 23.2 Å². The average molecular weight is 370 g/mol. The van der Waals surface area contributed by atoms with Gasteiger partial charge in [-0.1, -0.05) is 23.2 Å². The highest BCUT2D eigenvalue weighted by Crippen LogP contribution is 2.24. The van der Waals surface area contributed by atoms with Gasteiger partial charge < -0.3 is 14.7 Å². The summed E-state index contributed by atoms with van der Waals surface area (Å²) in [5.41, 5.74) is 0.876. The average Bonchev–Trinajstić information content (AvgIpc) is 3.06. The molecule has 2 aromatic rings. The van der Waals surface area contributed by atoms with Crippen LogP contribution in [0.15, 0.2) is 30.5 Å². The van der Waals surface area contributed by atoms with Crippen LogP contribution in [0, 0.1) is 0 Å². The number of carbonyl (C=O) groups excluding carboxylic acids is 1. The summed E-state index contributed by atoms with van der Waals surface area (Å²) in [5, 5.41) is 14.0. The Morgan fingerprint density at radius 2 is 2.04 bits per heavy atom. The highest BCUT2D eigenvalue weighted by molar-refractivity contribution is 6.42. The number of carbonyl (C=O) groups is 2. The van der Waals surface area contributed by atoms with Crippen molar-refractivity contribution in [2.75, 3.05) is 19.7 Å². The Balaban J connectivity index is 1.78. The molecule has 0 radical (unpaired) electrons. The van der Waals surface area contributed by atoms with Crippen molar-refractivity contribution in [3.05, 3.63) is 46.2 Å². The minimum absolute atomic E-state index is 0.00615. The molecule has 7 nitrogen and oxygen atoms in total. The first-order chi connectivity index (χ1) is 11.5. The lowest BCUT2D eigenvalue weighted by Gasteiger charge is -2.30. The monoisotopic (exact) mass is 369 g/mol. The summed E-state index contributed by atoms with van der Waals surface area (Å²) < 4.78 is 6.61. The molecular weight excluding hydrogens is 357 g/mol. The third-order valence-corrected chi connectivity index (χ3v) is 4.34. The third kappa shape index (κ3) is 3.38. The van der Waals surface area contributed by atoms with Gasteiger partial charge in [0.2, 0.25) is 0 Å². The van der Waals surface area contributed by atoms with Crippen molar-refractivity contribution in [2.45, 2.75) is 6.10 Å². The Labute approximate surface area is 147 Å². The zero-order chi connectivity index (χ0) is 17.3. The molecule has 24 heavy (non-hydrogen) atoms. The molecule has 1 aromatic heterocycles. The van der Waals surface area contributed by atoms with E-state index in [1.165, 1.54) is 9.58 Å². The Morgan fingerprint density at radius 1 is 1.25 bits per heavy atom. The van der Waals surface area contributed by atoms with Gasteiger partial charge in [0, 0.05) is 12.7 Å². The van der Waals surface area contributed by atoms with Crippen LogP contribution in [0.2, 0.25) is 10.0 Å². The lowest BCUT2D eigenvalue weighted by atomic mass is 10.2. The topological polar surface area (TPSA) is 84.7 Å². The molecule has 0 unspecified atom stereocenters. The predicted molar refractivity (Wildman–Crippen MR) is 86.9 cm³/mol. The number of hydrogen-bond acceptors (Lipinski definition) is 4. The molecule has 0 saturated carbocycles. The van der Waals surface area contributed by atoms with Gasteiger partial charge in [-0.25, -0.2) is 9.48 Å². The fourth-order valence-corrected chi connectivity index (χ4v) is 2.65. The van der Waals surface area contributed by atoms with Crippen molar-refractivity contribution in [2.24, 2.45) is 0 Å². The van der Waals surface area contributed by atoms with E-state index in [1.807, 2.05) is 0 Å². The second kappa shape index (κ2) is 6.80. The first-order valence-electron chi connectivity index (χ1n) is 7.10. The fraction of sp³-hybridized carbons (Fsp3) is 0.267. The van der Waals surface area contributed by atoms with Gasteiger partial charge in [-0.15, -0.1) is 0 Å². The van der Waals surface area contributed by atoms with Crippen LogP contribution in [0.5, 0.6) is 0 Å². The van der Waals surface area contributed by atoms with E-state index in [0.29, 0.717) is 22.3 Å². The second-order valence-corrected chi connectivity index (χ2v) is 6.01. The maximum absolute atomic E-state index is 12.5. The third-order valence-electron chi connectivity index (χ3n) is 3.61. The number of halogens is 2. The molecule has 9 heteroatoms. The Morgan fingerprint density at radius 3 is 2.75 bits per heavy atom. The van der Waals surface area contributed by atoms with Crippen LogP contribution < -0.4 is 0 Å². The van der Waals surface area contributed by atoms with Crippen LogP contribution in [0.25, 0.3) is 5.69 Å². The predicted octanol–water partition coefficient (Wildman–Crippen LogP) is 2.10. The number of aromatic nitrogens is 2. The molecule has 1 atom stereocenters. The number of morpholine rings is 1. The lowest BCUT2D eigenvalue weighted by molar-refractivity contribution is -0.154. The maximum atomic E-state index is 12.5. The molecule has 1 saturated heterocycles. The molecule has 3 rings (SSSR count). The van der Waals surface area contributed by atoms with Crippen molar-refractivity contribution >= 4 is 35.1 Å². The van der Waals surface area contributed by atoms with Crippen LogP contribution in [-0.2, 0) is 9.53 Å². The molecule has 0 aliphatic carbocycles. The summed E-state index contributed by atoms with van der Waals surface area (Å²) in [7, 11) is 0. The molecular formula is C15H13Cl2N3O4. The highest BCUT2D eigenvalue weighted by Gasteiger charge is 2.30. The molecule has 126 valence electrons. The molecule has 0 spiro atoms. The maximum Gasteiger partial charge on any atom is 0.334 e. The van der Waals surface area contributed by atoms with E-state index in [4.69, 9.17) is 33.0 Å². The normalized spacial score (nSPS) is 17.8. The van der Waals surface area contributed by atoms with Gasteiger partial charge in [-0.05, 0) is 24.3 Å². The molecule has 1 amide bonds. The quantitative estimate of drug-likeness (QED) is 0.895. The van der Waals surface area contributed by atoms with Crippen LogP contribution in [0.4, 0.5) is 0 Å². The van der Waals surface area contributed by atoms with Gasteiger partial charge in [-0.3, -0.25) is 4.79 Å². The number of aliphatic carboxylic acids is 1. The summed E-state index contributed by atoms with van der Waals surface area (Å²) in [6.45, 7) is 0.492. The SMILES string of the molecule is O=C(O)[C@H]1CN(C(=O)c2ccn(-c3ccc(Cl)c(Cl)c3)n2)CCO1. The van der Waals surface area contributed by atoms with Gasteiger partial charge >= 0.3 is 5.97 Å². The first-order valence-corrected chi connectivity index (χ1v) is 7.86. The van der Waals surface area contributed by atoms with E-state index < -0.39 is 12.1 Å². The van der Waals surface area contributed by atoms with Crippen LogP contribution in [0.3, 0.4) is 0 Å². The largest absolute Gasteiger partial charge is 0.479 e. The zero-order valence-corrected chi connectivity index (χ0v) is 13.9. The molecule has 2 heterocycles. The highest BCUT2D eigenvalue weighted by atomic mass is 35.5. The number of carboxylic acids is 1. The minimum Gasteiger partial charge on any atom is -0.479 e. The number of benzene rings is 1. The smallest absolute Gasteiger partial charge is 0.334 e. The van der Waals surface area contributed by atoms with E-state index in [-0.39, 0.29) is 24.8 Å². The molecule has 0 bridgehead atoms. The zero-order valence-electron chi connectivity index (χ0n) is 12.4. The number of ether oxygens (including phenoxy) is 1. The van der Waals surface area contributed by atoms with Crippen LogP contribution in [-0.4, -0.2) is 57.5 Å². The summed E-state index contributed by atoms with van der Waals surface area (Å²) in [6.07, 6.45) is 0.613. The molecule has 1 fully saturated rings. The Hall–Kier alpha value is -2.09. The van der Waals surface area contributed by atoms with Crippen molar-refractivity contribution in [1.29, 1.82) is 0 Å². The summed E-state index contributed by atoms with van der Waals surface area (Å²) >= 11 is 11.9. The van der Waals surface area contributed by atoms with Crippen molar-refractivity contribution in [3.63, 3.8) is 0 Å². The Bertz CT molecular complexity index is 793. The van der Waals surface area contributed by atoms with Gasteiger partial charge in [0.25, 0.3) is 5.91 Å². The van der Waals surface area contributed by atoms with Gasteiger partial charge in [0.15, 0.2) is 11.8 Å². The number of carboxylic acid groups (broad SMARTS) is 1. The van der Waals surface area contributed by atoms with Crippen LogP contribution in [0.1, 0.15) is 10.5 Å². The number of rotatable bonds is 3. The molecule has 1 N–H and O–H groups in total. The van der Waals surface area contributed by atoms with Gasteiger partial charge in [0.05, 0.1) is 28.9 Å². The van der Waals surface area contributed by atoms with E-state index in [1.54, 1.807) is 30.5 Å². The Kier molecular flexibility index (Phi) is 4.75. The number of nitrogens with zero attached hydrogens (tertiary/aromatic N) is 3. The van der Waals surface area contributed by atoms with Crippen molar-refractivity contribution in [3.8, 4) is 5.69 Å². The van der Waals surface area contributed by atoms with Gasteiger partial charge in [-0.2, -0.15) is 5.10 Å². The summed E-state index contributed by atoms with van der Waals surface area (Å²) in [6, 6.07) is 6.57. The summed E-state index contributed by atoms with van der Waals surface area (Å²) in [4.78, 5) is 24.9. The standard InChI is InChI=1S/C15H13Cl2N3O4/c16-10-2-1-9(7-11(10)17)20-4-3-12(18-20)14(21)19-5-6-24-13(8-19)15(22)23/h1-4,7,13H,5-6,8H2,(H,22,23)/t13-/m1/s1. The number of amides is 1. The first kappa shape index (κ1) is 16.8.